The molecule has 3 aliphatic rings. The molecular formula is C16H21N. The number of nitrogens with one attached hydrogen (secondary N) is 1. The van der Waals surface area contributed by atoms with Gasteiger partial charge in [-0.2, -0.15) is 0 Å². The SMILES string of the molecule is Cc1cc(C2CC2)ccc1C1CC2(CNC2)C1. The highest BCUT2D eigenvalue weighted by Gasteiger charge is 2.48. The minimum absolute atomic E-state index is 0.701. The van der Waals surface area contributed by atoms with Gasteiger partial charge in [0.05, 0.1) is 0 Å². The van der Waals surface area contributed by atoms with E-state index in [1.54, 1.807) is 16.7 Å². The van der Waals surface area contributed by atoms with Crippen molar-refractivity contribution in [1.82, 2.24) is 5.32 Å². The van der Waals surface area contributed by atoms with Crippen molar-refractivity contribution in [3.63, 3.8) is 0 Å². The lowest BCUT2D eigenvalue weighted by molar-refractivity contribution is 0.0361. The summed E-state index contributed by atoms with van der Waals surface area (Å²) in [7, 11) is 0. The summed E-state index contributed by atoms with van der Waals surface area (Å²) in [5, 5.41) is 3.42. The Kier molecular flexibility index (Phi) is 2.00. The molecule has 0 unspecified atom stereocenters. The highest BCUT2D eigenvalue weighted by atomic mass is 15.0. The Hall–Kier alpha value is -0.820. The fourth-order valence-electron chi connectivity index (χ4n) is 3.80. The second-order valence-electron chi connectivity index (χ2n) is 6.60. The van der Waals surface area contributed by atoms with E-state index in [2.05, 4.69) is 30.4 Å². The summed E-state index contributed by atoms with van der Waals surface area (Å²) in [5.74, 6) is 1.75. The smallest absolute Gasteiger partial charge is 0.00207 e. The zero-order chi connectivity index (χ0) is 11.5. The van der Waals surface area contributed by atoms with Crippen LogP contribution in [-0.4, -0.2) is 13.1 Å². The van der Waals surface area contributed by atoms with Crippen molar-refractivity contribution < 1.29 is 0 Å². The van der Waals surface area contributed by atoms with Gasteiger partial charge in [-0.15, -0.1) is 0 Å². The Balaban J connectivity index is 1.53. The molecule has 1 aliphatic heterocycles. The van der Waals surface area contributed by atoms with Crippen LogP contribution in [0.3, 0.4) is 0 Å². The molecule has 1 heteroatoms. The van der Waals surface area contributed by atoms with Gasteiger partial charge >= 0.3 is 0 Å². The van der Waals surface area contributed by atoms with Crippen molar-refractivity contribution in [3.05, 3.63) is 34.9 Å². The maximum Gasteiger partial charge on any atom is 0.00207 e. The predicted molar refractivity (Wildman–Crippen MR) is 70.4 cm³/mol. The van der Waals surface area contributed by atoms with Crippen molar-refractivity contribution >= 4 is 0 Å². The van der Waals surface area contributed by atoms with Crippen LogP contribution in [0, 0.1) is 12.3 Å². The van der Waals surface area contributed by atoms with E-state index < -0.39 is 0 Å². The van der Waals surface area contributed by atoms with Crippen molar-refractivity contribution in [1.29, 1.82) is 0 Å². The maximum atomic E-state index is 3.42. The Morgan fingerprint density at radius 2 is 1.88 bits per heavy atom. The van der Waals surface area contributed by atoms with Gasteiger partial charge in [0.25, 0.3) is 0 Å². The van der Waals surface area contributed by atoms with Crippen LogP contribution < -0.4 is 5.32 Å². The summed E-state index contributed by atoms with van der Waals surface area (Å²) in [6.07, 6.45) is 5.67. The molecule has 1 spiro atoms. The van der Waals surface area contributed by atoms with E-state index in [-0.39, 0.29) is 0 Å². The minimum atomic E-state index is 0.701. The molecule has 0 bridgehead atoms. The molecule has 0 radical (unpaired) electrons. The first kappa shape index (κ1) is 10.1. The van der Waals surface area contributed by atoms with Gasteiger partial charge in [-0.1, -0.05) is 18.2 Å². The monoisotopic (exact) mass is 227 g/mol. The van der Waals surface area contributed by atoms with E-state index in [0.29, 0.717) is 5.41 Å². The van der Waals surface area contributed by atoms with E-state index in [1.165, 1.54) is 38.8 Å². The van der Waals surface area contributed by atoms with Crippen LogP contribution >= 0.6 is 0 Å². The van der Waals surface area contributed by atoms with Crippen molar-refractivity contribution in [2.24, 2.45) is 5.41 Å². The van der Waals surface area contributed by atoms with E-state index in [4.69, 9.17) is 0 Å². The number of aryl methyl sites for hydroxylation is 1. The summed E-state index contributed by atoms with van der Waals surface area (Å²) >= 11 is 0. The summed E-state index contributed by atoms with van der Waals surface area (Å²) in [4.78, 5) is 0. The third-order valence-corrected chi connectivity index (χ3v) is 5.14. The van der Waals surface area contributed by atoms with E-state index >= 15 is 0 Å². The molecular weight excluding hydrogens is 206 g/mol. The third kappa shape index (κ3) is 1.55. The number of rotatable bonds is 2. The molecule has 3 fully saturated rings. The topological polar surface area (TPSA) is 12.0 Å². The molecule has 4 rings (SSSR count). The van der Waals surface area contributed by atoms with Gasteiger partial charge in [0, 0.05) is 13.1 Å². The van der Waals surface area contributed by atoms with Crippen LogP contribution in [0.25, 0.3) is 0 Å². The molecule has 1 nitrogen and oxygen atoms in total. The average molecular weight is 227 g/mol. The second kappa shape index (κ2) is 3.35. The van der Waals surface area contributed by atoms with Gasteiger partial charge in [-0.05, 0) is 66.5 Å². The van der Waals surface area contributed by atoms with E-state index in [9.17, 15) is 0 Å². The van der Waals surface area contributed by atoms with Gasteiger partial charge in [0.1, 0.15) is 0 Å². The Bertz CT molecular complexity index is 447. The van der Waals surface area contributed by atoms with Gasteiger partial charge in [0.15, 0.2) is 0 Å². The molecule has 0 amide bonds. The highest BCUT2D eigenvalue weighted by Crippen LogP contribution is 2.54. The van der Waals surface area contributed by atoms with Crippen LogP contribution in [0.1, 0.15) is 54.2 Å². The molecule has 90 valence electrons. The lowest BCUT2D eigenvalue weighted by Crippen LogP contribution is -2.59. The van der Waals surface area contributed by atoms with Crippen LogP contribution in [0.15, 0.2) is 18.2 Å². The first-order valence-electron chi connectivity index (χ1n) is 7.07. The van der Waals surface area contributed by atoms with Gasteiger partial charge < -0.3 is 5.32 Å². The Labute approximate surface area is 104 Å². The summed E-state index contributed by atoms with van der Waals surface area (Å²) in [5.41, 5.74) is 5.46. The molecule has 2 aliphatic carbocycles. The summed E-state index contributed by atoms with van der Waals surface area (Å²) in [6.45, 7) is 4.84. The van der Waals surface area contributed by atoms with Crippen molar-refractivity contribution in [2.75, 3.05) is 13.1 Å². The molecule has 1 N–H and O–H groups in total. The van der Waals surface area contributed by atoms with E-state index in [0.717, 1.165) is 11.8 Å². The molecule has 17 heavy (non-hydrogen) atoms. The quantitative estimate of drug-likeness (QED) is 0.817. The molecule has 1 saturated heterocycles. The Morgan fingerprint density at radius 3 is 2.41 bits per heavy atom. The van der Waals surface area contributed by atoms with Crippen molar-refractivity contribution in [2.45, 2.75) is 44.4 Å². The summed E-state index contributed by atoms with van der Waals surface area (Å²) in [6, 6.07) is 7.27. The zero-order valence-corrected chi connectivity index (χ0v) is 10.6. The normalized spacial score (nSPS) is 26.6. The predicted octanol–water partition coefficient (Wildman–Crippen LogP) is 3.34. The van der Waals surface area contributed by atoms with Gasteiger partial charge in [0.2, 0.25) is 0 Å². The first-order chi connectivity index (χ1) is 8.26. The molecule has 1 aromatic rings. The minimum Gasteiger partial charge on any atom is -0.316 e. The van der Waals surface area contributed by atoms with Crippen LogP contribution in [0.4, 0.5) is 0 Å². The number of hydrogen-bond donors (Lipinski definition) is 1. The van der Waals surface area contributed by atoms with Crippen molar-refractivity contribution in [3.8, 4) is 0 Å². The average Bonchev–Trinajstić information content (AvgIpc) is 2.99. The molecule has 2 saturated carbocycles. The molecule has 0 atom stereocenters. The van der Waals surface area contributed by atoms with Gasteiger partial charge in [-0.25, -0.2) is 0 Å². The third-order valence-electron chi connectivity index (χ3n) is 5.14. The van der Waals surface area contributed by atoms with Crippen LogP contribution in [0.5, 0.6) is 0 Å². The zero-order valence-electron chi connectivity index (χ0n) is 10.6. The lowest BCUT2D eigenvalue weighted by atomic mass is 9.56. The molecule has 1 aromatic carbocycles. The first-order valence-corrected chi connectivity index (χ1v) is 7.07. The lowest BCUT2D eigenvalue weighted by Gasteiger charge is -2.55. The van der Waals surface area contributed by atoms with Gasteiger partial charge in [-0.3, -0.25) is 0 Å². The number of benzene rings is 1. The van der Waals surface area contributed by atoms with Crippen LogP contribution in [0.2, 0.25) is 0 Å². The Morgan fingerprint density at radius 1 is 1.12 bits per heavy atom. The fraction of sp³-hybridized carbons (Fsp3) is 0.625. The van der Waals surface area contributed by atoms with Crippen LogP contribution in [-0.2, 0) is 0 Å². The molecule has 1 heterocycles. The maximum absolute atomic E-state index is 3.42. The largest absolute Gasteiger partial charge is 0.316 e. The fourth-order valence-corrected chi connectivity index (χ4v) is 3.80. The summed E-state index contributed by atoms with van der Waals surface area (Å²) < 4.78 is 0. The second-order valence-corrected chi connectivity index (χ2v) is 6.60. The van der Waals surface area contributed by atoms with E-state index in [1.807, 2.05) is 0 Å². The standard InChI is InChI=1S/C16H21N/c1-11-6-13(12-2-3-12)4-5-15(11)14-7-16(8-14)9-17-10-16/h4-6,12,14,17H,2-3,7-10H2,1H3. The molecule has 0 aromatic heterocycles. The highest BCUT2D eigenvalue weighted by molar-refractivity contribution is 5.38. The number of hydrogen-bond acceptors (Lipinski definition) is 1.